The monoisotopic (exact) mass is 374 g/mol. The molecule has 0 heterocycles. The topological polar surface area (TPSA) is 0 Å². The summed E-state index contributed by atoms with van der Waals surface area (Å²) in [6.07, 6.45) is 1.94. The van der Waals surface area contributed by atoms with Gasteiger partial charge in [-0.2, -0.15) is 35.4 Å². The Balaban J connectivity index is 0.00000192. The Hall–Kier alpha value is -1.24. The summed E-state index contributed by atoms with van der Waals surface area (Å²) in [6.45, 7) is 4.29. The molecule has 3 aromatic rings. The van der Waals surface area contributed by atoms with E-state index in [0.29, 0.717) is 0 Å². The fourth-order valence-corrected chi connectivity index (χ4v) is 2.90. The molecule has 0 N–H and O–H groups in total. The molecule has 0 aromatic heterocycles. The standard InChI is InChI=1S/C22H21.Y/c1-17-6-3-8-19(12-17)14-21-10-5-11-22(16-21)15-20-9-4-7-18(2)13-20;/h3-4,6-13,16H,14-15H2,1-2H3;/q-1;+3. The third-order valence-corrected chi connectivity index (χ3v) is 3.89. The molecule has 0 saturated carbocycles. The van der Waals surface area contributed by atoms with Crippen molar-refractivity contribution in [2.45, 2.75) is 26.7 Å². The summed E-state index contributed by atoms with van der Waals surface area (Å²) in [5.74, 6) is 0. The van der Waals surface area contributed by atoms with Crippen LogP contribution in [0.1, 0.15) is 33.4 Å². The van der Waals surface area contributed by atoms with Crippen molar-refractivity contribution in [3.63, 3.8) is 0 Å². The first-order chi connectivity index (χ1) is 10.7. The smallest absolute Gasteiger partial charge is 0.183 e. The van der Waals surface area contributed by atoms with Crippen LogP contribution in [0.4, 0.5) is 0 Å². The zero-order chi connectivity index (χ0) is 15.4. The van der Waals surface area contributed by atoms with Crippen LogP contribution in [0.15, 0.2) is 66.7 Å². The summed E-state index contributed by atoms with van der Waals surface area (Å²) in [7, 11) is 0. The predicted octanol–water partition coefficient (Wildman–Crippen LogP) is 5.28. The summed E-state index contributed by atoms with van der Waals surface area (Å²) in [5.41, 5.74) is 8.02. The van der Waals surface area contributed by atoms with E-state index in [1.54, 1.807) is 0 Å². The third-order valence-electron chi connectivity index (χ3n) is 3.89. The van der Waals surface area contributed by atoms with Crippen LogP contribution in [0.3, 0.4) is 0 Å². The van der Waals surface area contributed by atoms with Crippen LogP contribution < -0.4 is 0 Å². The van der Waals surface area contributed by atoms with Crippen LogP contribution in [0.2, 0.25) is 0 Å². The summed E-state index contributed by atoms with van der Waals surface area (Å²) in [4.78, 5) is 0. The van der Waals surface area contributed by atoms with Gasteiger partial charge in [-0.25, -0.2) is 0 Å². The maximum Gasteiger partial charge on any atom is 3.00 e. The van der Waals surface area contributed by atoms with Gasteiger partial charge in [-0.3, -0.25) is 0 Å². The van der Waals surface area contributed by atoms with Crippen LogP contribution in [-0.4, -0.2) is 0 Å². The van der Waals surface area contributed by atoms with E-state index in [1.807, 2.05) is 0 Å². The minimum absolute atomic E-state index is 0. The number of hydrogen-bond donors (Lipinski definition) is 0. The van der Waals surface area contributed by atoms with Gasteiger partial charge in [-0.05, 0) is 26.7 Å². The van der Waals surface area contributed by atoms with Crippen LogP contribution in [0, 0.1) is 19.9 Å². The van der Waals surface area contributed by atoms with E-state index >= 15 is 0 Å². The normalized spacial score (nSPS) is 10.2. The molecule has 0 nitrogen and oxygen atoms in total. The molecule has 0 unspecified atom stereocenters. The number of rotatable bonds is 4. The molecule has 0 aliphatic heterocycles. The zero-order valence-corrected chi connectivity index (χ0v) is 16.7. The largest absolute Gasteiger partial charge is 3.00 e. The minimum Gasteiger partial charge on any atom is -0.183 e. The molecular weight excluding hydrogens is 353 g/mol. The minimum atomic E-state index is 0. The van der Waals surface area contributed by atoms with Crippen molar-refractivity contribution in [1.82, 2.24) is 0 Å². The van der Waals surface area contributed by atoms with Gasteiger partial charge in [0.15, 0.2) is 0 Å². The van der Waals surface area contributed by atoms with Crippen LogP contribution in [0.5, 0.6) is 0 Å². The van der Waals surface area contributed by atoms with Crippen molar-refractivity contribution < 1.29 is 32.7 Å². The van der Waals surface area contributed by atoms with E-state index in [4.69, 9.17) is 0 Å². The number of aryl methyl sites for hydroxylation is 2. The Kier molecular flexibility index (Phi) is 6.75. The van der Waals surface area contributed by atoms with Crippen molar-refractivity contribution in [2.75, 3.05) is 0 Å². The van der Waals surface area contributed by atoms with Crippen LogP contribution in [-0.2, 0) is 45.6 Å². The van der Waals surface area contributed by atoms with E-state index in [-0.39, 0.29) is 32.7 Å². The first-order valence-corrected chi connectivity index (χ1v) is 7.79. The molecule has 0 saturated heterocycles. The molecule has 0 fully saturated rings. The average Bonchev–Trinajstić information content (AvgIpc) is 2.47. The second kappa shape index (κ2) is 8.57. The van der Waals surface area contributed by atoms with E-state index in [1.165, 1.54) is 33.4 Å². The second-order valence-electron chi connectivity index (χ2n) is 6.08. The molecule has 0 atom stereocenters. The van der Waals surface area contributed by atoms with Gasteiger partial charge in [0.05, 0.1) is 0 Å². The fourth-order valence-electron chi connectivity index (χ4n) is 2.90. The number of benzene rings is 3. The van der Waals surface area contributed by atoms with Crippen molar-refractivity contribution in [1.29, 1.82) is 0 Å². The van der Waals surface area contributed by atoms with Crippen molar-refractivity contribution in [3.8, 4) is 0 Å². The molecule has 0 aliphatic carbocycles. The molecule has 0 spiro atoms. The van der Waals surface area contributed by atoms with E-state index in [0.717, 1.165) is 12.8 Å². The van der Waals surface area contributed by atoms with E-state index in [2.05, 4.69) is 86.6 Å². The Bertz CT molecular complexity index is 711. The molecule has 1 heteroatoms. The van der Waals surface area contributed by atoms with Gasteiger partial charge in [0, 0.05) is 0 Å². The molecule has 0 bridgehead atoms. The van der Waals surface area contributed by atoms with E-state index < -0.39 is 0 Å². The van der Waals surface area contributed by atoms with Crippen molar-refractivity contribution in [3.05, 3.63) is 106 Å². The molecule has 0 amide bonds. The first-order valence-electron chi connectivity index (χ1n) is 7.79. The predicted molar refractivity (Wildman–Crippen MR) is 93.2 cm³/mol. The molecule has 23 heavy (non-hydrogen) atoms. The van der Waals surface area contributed by atoms with Gasteiger partial charge in [-0.1, -0.05) is 70.8 Å². The SMILES string of the molecule is Cc1cccc(Cc2c[c-]cc(Cc3cccc(C)c3)c2)c1.[Y+3]. The summed E-state index contributed by atoms with van der Waals surface area (Å²) in [6, 6.07) is 27.3. The molecule has 0 radical (unpaired) electrons. The Morgan fingerprint density at radius 1 is 0.652 bits per heavy atom. The van der Waals surface area contributed by atoms with Crippen LogP contribution in [0.25, 0.3) is 0 Å². The maximum atomic E-state index is 3.30. The summed E-state index contributed by atoms with van der Waals surface area (Å²) < 4.78 is 0. The van der Waals surface area contributed by atoms with E-state index in [9.17, 15) is 0 Å². The van der Waals surface area contributed by atoms with Gasteiger partial charge < -0.3 is 0 Å². The molecule has 110 valence electrons. The quantitative estimate of drug-likeness (QED) is 0.545. The summed E-state index contributed by atoms with van der Waals surface area (Å²) in [5, 5.41) is 0. The van der Waals surface area contributed by atoms with Gasteiger partial charge in [-0.15, -0.1) is 0 Å². The molecule has 3 rings (SSSR count). The van der Waals surface area contributed by atoms with Crippen LogP contribution >= 0.6 is 0 Å². The van der Waals surface area contributed by atoms with Gasteiger partial charge >= 0.3 is 32.7 Å². The van der Waals surface area contributed by atoms with Crippen molar-refractivity contribution in [2.24, 2.45) is 0 Å². The Labute approximate surface area is 164 Å². The zero-order valence-electron chi connectivity index (χ0n) is 13.8. The molecular formula is C22H21Y+2. The third kappa shape index (κ3) is 5.41. The molecule has 3 aromatic carbocycles. The summed E-state index contributed by atoms with van der Waals surface area (Å²) >= 11 is 0. The maximum absolute atomic E-state index is 3.30. The second-order valence-corrected chi connectivity index (χ2v) is 6.08. The van der Waals surface area contributed by atoms with Crippen molar-refractivity contribution >= 4 is 0 Å². The molecule has 0 aliphatic rings. The van der Waals surface area contributed by atoms with Gasteiger partial charge in [0.1, 0.15) is 0 Å². The number of hydrogen-bond acceptors (Lipinski definition) is 0. The average molecular weight is 374 g/mol. The van der Waals surface area contributed by atoms with Gasteiger partial charge in [0.25, 0.3) is 0 Å². The first kappa shape index (κ1) is 18.1. The Morgan fingerprint density at radius 2 is 1.13 bits per heavy atom. The van der Waals surface area contributed by atoms with Gasteiger partial charge in [0.2, 0.25) is 0 Å². The Morgan fingerprint density at radius 3 is 1.57 bits per heavy atom. The fraction of sp³-hybridized carbons (Fsp3) is 0.182.